The molecule has 1 aliphatic rings. The average Bonchev–Trinajstić information content (AvgIpc) is 2.44. The zero-order valence-corrected chi connectivity index (χ0v) is 11.8. The van der Waals surface area contributed by atoms with Crippen LogP contribution in [0.2, 0.25) is 0 Å². The van der Waals surface area contributed by atoms with Crippen LogP contribution in [-0.4, -0.2) is 65.5 Å². The second-order valence-corrected chi connectivity index (χ2v) is 4.74. The van der Waals surface area contributed by atoms with E-state index >= 15 is 0 Å². The van der Waals surface area contributed by atoms with Gasteiger partial charge in [0.05, 0.1) is 0 Å². The standard InChI is InChI=1S/C13H21N3O4/c1-3-16-8-6-10(7-9-16)15(2)13(20)14-11(17)4-5-12(18)19/h4-5,10H,3,6-9H2,1-2H3,(H,18,19)(H,14,17,20). The van der Waals surface area contributed by atoms with Crippen LogP contribution in [0.1, 0.15) is 19.8 Å². The lowest BCUT2D eigenvalue weighted by Crippen LogP contribution is -2.49. The highest BCUT2D eigenvalue weighted by Crippen LogP contribution is 2.14. The van der Waals surface area contributed by atoms with Gasteiger partial charge in [0.2, 0.25) is 0 Å². The van der Waals surface area contributed by atoms with Crippen LogP contribution in [0.3, 0.4) is 0 Å². The highest BCUT2D eigenvalue weighted by Gasteiger charge is 2.25. The van der Waals surface area contributed by atoms with E-state index in [1.165, 1.54) is 4.90 Å². The molecule has 1 aliphatic heterocycles. The fraction of sp³-hybridized carbons (Fsp3) is 0.615. The number of imide groups is 1. The molecule has 7 nitrogen and oxygen atoms in total. The molecule has 1 rings (SSSR count). The highest BCUT2D eigenvalue weighted by atomic mass is 16.4. The molecule has 0 bridgehead atoms. The van der Waals surface area contributed by atoms with Gasteiger partial charge in [-0.25, -0.2) is 9.59 Å². The molecule has 0 aromatic rings. The Morgan fingerprint density at radius 1 is 1.30 bits per heavy atom. The Morgan fingerprint density at radius 3 is 2.40 bits per heavy atom. The monoisotopic (exact) mass is 283 g/mol. The molecule has 0 atom stereocenters. The number of aliphatic carboxylic acids is 1. The van der Waals surface area contributed by atoms with Gasteiger partial charge in [-0.05, 0) is 19.4 Å². The Kier molecular flexibility index (Phi) is 6.17. The number of carboxylic acids is 1. The smallest absolute Gasteiger partial charge is 0.328 e. The number of rotatable bonds is 4. The van der Waals surface area contributed by atoms with Gasteiger partial charge in [-0.1, -0.05) is 6.92 Å². The predicted molar refractivity (Wildman–Crippen MR) is 73.2 cm³/mol. The number of nitrogens with one attached hydrogen (secondary N) is 1. The van der Waals surface area contributed by atoms with Crippen molar-refractivity contribution in [3.63, 3.8) is 0 Å². The molecule has 0 aliphatic carbocycles. The van der Waals surface area contributed by atoms with Crippen LogP contribution in [0.4, 0.5) is 4.79 Å². The zero-order chi connectivity index (χ0) is 15.1. The van der Waals surface area contributed by atoms with Crippen molar-refractivity contribution in [1.82, 2.24) is 15.1 Å². The number of hydrogen-bond donors (Lipinski definition) is 2. The van der Waals surface area contributed by atoms with Crippen molar-refractivity contribution in [1.29, 1.82) is 0 Å². The fourth-order valence-corrected chi connectivity index (χ4v) is 2.17. The number of amides is 3. The van der Waals surface area contributed by atoms with Crippen LogP contribution in [0, 0.1) is 0 Å². The lowest BCUT2D eigenvalue weighted by Gasteiger charge is -2.36. The Bertz CT molecular complexity index is 400. The van der Waals surface area contributed by atoms with Gasteiger partial charge in [-0.2, -0.15) is 0 Å². The van der Waals surface area contributed by atoms with E-state index in [-0.39, 0.29) is 6.04 Å². The Hall–Kier alpha value is -1.89. The summed E-state index contributed by atoms with van der Waals surface area (Å²) >= 11 is 0. The summed E-state index contributed by atoms with van der Waals surface area (Å²) in [6.45, 7) is 4.97. The lowest BCUT2D eigenvalue weighted by atomic mass is 10.0. The minimum atomic E-state index is -1.23. The van der Waals surface area contributed by atoms with E-state index in [1.54, 1.807) is 7.05 Å². The van der Waals surface area contributed by atoms with Crippen LogP contribution in [0.5, 0.6) is 0 Å². The van der Waals surface area contributed by atoms with Gasteiger partial charge in [0.25, 0.3) is 5.91 Å². The molecule has 1 fully saturated rings. The first-order chi connectivity index (χ1) is 9.43. The molecule has 1 heterocycles. The van der Waals surface area contributed by atoms with Crippen molar-refractivity contribution in [3.05, 3.63) is 12.2 Å². The topological polar surface area (TPSA) is 90.0 Å². The number of likely N-dealkylation sites (tertiary alicyclic amines) is 1. The van der Waals surface area contributed by atoms with Crippen LogP contribution >= 0.6 is 0 Å². The average molecular weight is 283 g/mol. The van der Waals surface area contributed by atoms with Gasteiger partial charge >= 0.3 is 12.0 Å². The Balaban J connectivity index is 2.43. The summed E-state index contributed by atoms with van der Waals surface area (Å²) in [6, 6.07) is -0.394. The van der Waals surface area contributed by atoms with E-state index in [4.69, 9.17) is 5.11 Å². The van der Waals surface area contributed by atoms with E-state index < -0.39 is 17.9 Å². The maximum atomic E-state index is 11.8. The van der Waals surface area contributed by atoms with Gasteiger partial charge in [-0.15, -0.1) is 0 Å². The Morgan fingerprint density at radius 2 is 1.90 bits per heavy atom. The van der Waals surface area contributed by atoms with Gasteiger partial charge in [0.1, 0.15) is 0 Å². The number of nitrogens with zero attached hydrogens (tertiary/aromatic N) is 2. The first-order valence-electron chi connectivity index (χ1n) is 6.65. The second kappa shape index (κ2) is 7.64. The largest absolute Gasteiger partial charge is 0.478 e. The first kappa shape index (κ1) is 16.2. The van der Waals surface area contributed by atoms with E-state index in [2.05, 4.69) is 17.1 Å². The van der Waals surface area contributed by atoms with Crippen molar-refractivity contribution >= 4 is 17.9 Å². The molecule has 3 amide bonds. The molecule has 0 saturated carbocycles. The molecule has 0 spiro atoms. The van der Waals surface area contributed by atoms with Crippen molar-refractivity contribution in [2.75, 3.05) is 26.7 Å². The normalized spacial score (nSPS) is 17.1. The van der Waals surface area contributed by atoms with Crippen LogP contribution < -0.4 is 5.32 Å². The van der Waals surface area contributed by atoms with E-state index in [9.17, 15) is 14.4 Å². The van der Waals surface area contributed by atoms with Crippen LogP contribution in [0.15, 0.2) is 12.2 Å². The SMILES string of the molecule is CCN1CCC(N(C)C(=O)NC(=O)C=CC(=O)O)CC1. The minimum absolute atomic E-state index is 0.106. The quantitative estimate of drug-likeness (QED) is 0.723. The van der Waals surface area contributed by atoms with E-state index in [1.807, 2.05) is 0 Å². The maximum Gasteiger partial charge on any atom is 0.328 e. The second-order valence-electron chi connectivity index (χ2n) is 4.74. The summed E-state index contributed by atoms with van der Waals surface area (Å²) < 4.78 is 0. The van der Waals surface area contributed by atoms with Gasteiger partial charge < -0.3 is 14.9 Å². The number of carbonyl (C=O) groups excluding carboxylic acids is 2. The number of urea groups is 1. The van der Waals surface area contributed by atoms with Crippen molar-refractivity contribution in [2.45, 2.75) is 25.8 Å². The summed E-state index contributed by atoms with van der Waals surface area (Å²) in [6.07, 6.45) is 3.27. The number of carbonyl (C=O) groups is 3. The molecule has 20 heavy (non-hydrogen) atoms. The number of piperidine rings is 1. The van der Waals surface area contributed by atoms with Crippen LogP contribution in [0.25, 0.3) is 0 Å². The third-order valence-corrected chi connectivity index (χ3v) is 3.48. The summed E-state index contributed by atoms with van der Waals surface area (Å²) in [5, 5.41) is 10.5. The summed E-state index contributed by atoms with van der Waals surface area (Å²) in [7, 11) is 1.65. The molecule has 7 heteroatoms. The van der Waals surface area contributed by atoms with E-state index in [0.717, 1.165) is 38.6 Å². The highest BCUT2D eigenvalue weighted by molar-refractivity contribution is 6.02. The van der Waals surface area contributed by atoms with Gasteiger partial charge in [-0.3, -0.25) is 10.1 Å². The third-order valence-electron chi connectivity index (χ3n) is 3.48. The molecule has 0 unspecified atom stereocenters. The fourth-order valence-electron chi connectivity index (χ4n) is 2.17. The third kappa shape index (κ3) is 5.00. The number of hydrogen-bond acceptors (Lipinski definition) is 4. The molecule has 1 saturated heterocycles. The Labute approximate surface area is 118 Å². The molecule has 2 N–H and O–H groups in total. The zero-order valence-electron chi connectivity index (χ0n) is 11.8. The summed E-state index contributed by atoms with van der Waals surface area (Å²) in [5.41, 5.74) is 0. The molecule has 112 valence electrons. The van der Waals surface area contributed by atoms with Gasteiger partial charge in [0, 0.05) is 38.3 Å². The number of carboxylic acid groups (broad SMARTS) is 1. The maximum absolute atomic E-state index is 11.8. The minimum Gasteiger partial charge on any atom is -0.478 e. The summed E-state index contributed by atoms with van der Waals surface area (Å²) in [5.74, 6) is -1.96. The molecule has 0 aromatic carbocycles. The van der Waals surface area contributed by atoms with Crippen molar-refractivity contribution in [3.8, 4) is 0 Å². The molecular weight excluding hydrogens is 262 g/mol. The predicted octanol–water partition coefficient (Wildman–Crippen LogP) is 0.280. The molecule has 0 aromatic heterocycles. The molecular formula is C13H21N3O4. The van der Waals surface area contributed by atoms with Crippen molar-refractivity contribution < 1.29 is 19.5 Å². The summed E-state index contributed by atoms with van der Waals surface area (Å²) in [4.78, 5) is 37.3. The van der Waals surface area contributed by atoms with Crippen molar-refractivity contribution in [2.24, 2.45) is 0 Å². The first-order valence-corrected chi connectivity index (χ1v) is 6.65. The lowest BCUT2D eigenvalue weighted by molar-refractivity contribution is -0.131. The van der Waals surface area contributed by atoms with Gasteiger partial charge in [0.15, 0.2) is 0 Å². The molecule has 0 radical (unpaired) electrons. The van der Waals surface area contributed by atoms with Crippen LogP contribution in [-0.2, 0) is 9.59 Å². The van der Waals surface area contributed by atoms with E-state index in [0.29, 0.717) is 6.08 Å².